The number of aryl methyl sites for hydroxylation is 1. The van der Waals surface area contributed by atoms with Crippen molar-refractivity contribution in [2.45, 2.75) is 33.7 Å². The summed E-state index contributed by atoms with van der Waals surface area (Å²) < 4.78 is 0. The van der Waals surface area contributed by atoms with Crippen LogP contribution in [0.5, 0.6) is 0 Å². The molecule has 2 heteroatoms. The van der Waals surface area contributed by atoms with Crippen LogP contribution in [0, 0.1) is 24.2 Å². The summed E-state index contributed by atoms with van der Waals surface area (Å²) in [5, 5.41) is 12.2. The highest BCUT2D eigenvalue weighted by Crippen LogP contribution is 2.16. The first kappa shape index (κ1) is 11.6. The maximum absolute atomic E-state index is 8.81. The Morgan fingerprint density at radius 2 is 1.93 bits per heavy atom. The van der Waals surface area contributed by atoms with Crippen LogP contribution < -0.4 is 5.32 Å². The first-order valence-electron chi connectivity index (χ1n) is 5.32. The molecule has 0 aliphatic heterocycles. The average molecular weight is 202 g/mol. The van der Waals surface area contributed by atoms with Crippen molar-refractivity contribution in [2.24, 2.45) is 5.92 Å². The lowest BCUT2D eigenvalue weighted by Gasteiger charge is -2.19. The van der Waals surface area contributed by atoms with Gasteiger partial charge in [-0.2, -0.15) is 5.26 Å². The maximum Gasteiger partial charge on any atom is 0.0994 e. The molecule has 1 atom stereocenters. The lowest BCUT2D eigenvalue weighted by atomic mass is 10.0. The molecule has 0 amide bonds. The lowest BCUT2D eigenvalue weighted by Crippen LogP contribution is -2.21. The normalized spacial score (nSPS) is 12.3. The van der Waals surface area contributed by atoms with E-state index in [0.29, 0.717) is 12.0 Å². The summed E-state index contributed by atoms with van der Waals surface area (Å²) >= 11 is 0. The quantitative estimate of drug-likeness (QED) is 0.816. The second-order valence-corrected chi connectivity index (χ2v) is 4.32. The van der Waals surface area contributed by atoms with Crippen molar-refractivity contribution in [1.82, 2.24) is 0 Å². The number of nitrogens with zero attached hydrogens (tertiary/aromatic N) is 1. The van der Waals surface area contributed by atoms with Crippen LogP contribution in [-0.4, -0.2) is 6.04 Å². The minimum absolute atomic E-state index is 0.442. The molecule has 0 saturated heterocycles. The number of nitrogens with one attached hydrogen (secondary N) is 1. The third-order valence-electron chi connectivity index (χ3n) is 2.74. The molecular formula is C13H18N2. The minimum atomic E-state index is 0.442. The van der Waals surface area contributed by atoms with E-state index >= 15 is 0 Å². The van der Waals surface area contributed by atoms with Crippen LogP contribution in [0.4, 0.5) is 5.69 Å². The van der Waals surface area contributed by atoms with Gasteiger partial charge in [-0.3, -0.25) is 0 Å². The Kier molecular flexibility index (Phi) is 3.74. The van der Waals surface area contributed by atoms with Crippen LogP contribution in [0.1, 0.15) is 31.9 Å². The molecule has 0 radical (unpaired) electrons. The molecule has 0 heterocycles. The van der Waals surface area contributed by atoms with E-state index in [1.165, 1.54) is 0 Å². The first-order valence-corrected chi connectivity index (χ1v) is 5.32. The van der Waals surface area contributed by atoms with Crippen LogP contribution in [0.2, 0.25) is 0 Å². The van der Waals surface area contributed by atoms with E-state index in [1.807, 2.05) is 25.1 Å². The molecule has 1 N–H and O–H groups in total. The third kappa shape index (κ3) is 2.99. The van der Waals surface area contributed by atoms with Gasteiger partial charge in [0.2, 0.25) is 0 Å². The van der Waals surface area contributed by atoms with Gasteiger partial charge in [0.05, 0.1) is 11.6 Å². The zero-order valence-corrected chi connectivity index (χ0v) is 9.83. The molecule has 0 aliphatic carbocycles. The molecule has 1 aromatic carbocycles. The van der Waals surface area contributed by atoms with Gasteiger partial charge in [0.1, 0.15) is 0 Å². The number of nitriles is 1. The van der Waals surface area contributed by atoms with Crippen LogP contribution in [-0.2, 0) is 0 Å². The Morgan fingerprint density at radius 1 is 1.27 bits per heavy atom. The second-order valence-electron chi connectivity index (χ2n) is 4.32. The fourth-order valence-electron chi connectivity index (χ4n) is 1.31. The number of hydrogen-bond donors (Lipinski definition) is 1. The van der Waals surface area contributed by atoms with E-state index in [0.717, 1.165) is 16.8 Å². The summed E-state index contributed by atoms with van der Waals surface area (Å²) in [7, 11) is 0. The van der Waals surface area contributed by atoms with Gasteiger partial charge in [0, 0.05) is 11.7 Å². The van der Waals surface area contributed by atoms with Gasteiger partial charge in [0.25, 0.3) is 0 Å². The zero-order valence-electron chi connectivity index (χ0n) is 9.83. The molecule has 0 saturated carbocycles. The van der Waals surface area contributed by atoms with Crippen molar-refractivity contribution in [3.05, 3.63) is 29.3 Å². The van der Waals surface area contributed by atoms with Gasteiger partial charge < -0.3 is 5.32 Å². The number of benzene rings is 1. The van der Waals surface area contributed by atoms with E-state index in [1.54, 1.807) is 0 Å². The molecule has 0 spiro atoms. The maximum atomic E-state index is 8.81. The lowest BCUT2D eigenvalue weighted by molar-refractivity contribution is 0.560. The highest BCUT2D eigenvalue weighted by Gasteiger charge is 2.07. The van der Waals surface area contributed by atoms with Crippen molar-refractivity contribution in [2.75, 3.05) is 5.32 Å². The monoisotopic (exact) mass is 202 g/mol. The second kappa shape index (κ2) is 4.84. The number of anilines is 1. The van der Waals surface area contributed by atoms with Gasteiger partial charge in [-0.25, -0.2) is 0 Å². The fourth-order valence-corrected chi connectivity index (χ4v) is 1.31. The van der Waals surface area contributed by atoms with E-state index in [4.69, 9.17) is 5.26 Å². The summed E-state index contributed by atoms with van der Waals surface area (Å²) in [5.74, 6) is 0.598. The van der Waals surface area contributed by atoms with Gasteiger partial charge >= 0.3 is 0 Å². The zero-order chi connectivity index (χ0) is 11.4. The molecule has 1 rings (SSSR count). The Balaban J connectivity index is 2.81. The highest BCUT2D eigenvalue weighted by atomic mass is 14.9. The van der Waals surface area contributed by atoms with Crippen LogP contribution in [0.25, 0.3) is 0 Å². The van der Waals surface area contributed by atoms with Gasteiger partial charge in [0.15, 0.2) is 0 Å². The fraction of sp³-hybridized carbons (Fsp3) is 0.462. The smallest absolute Gasteiger partial charge is 0.0994 e. The standard InChI is InChI=1S/C13H18N2/c1-9(2)11(4)15-13-6-5-12(8-14)10(3)7-13/h5-7,9,11,15H,1-4H3. The topological polar surface area (TPSA) is 35.8 Å². The molecular weight excluding hydrogens is 184 g/mol. The predicted octanol–water partition coefficient (Wildman–Crippen LogP) is 3.32. The number of hydrogen-bond acceptors (Lipinski definition) is 2. The van der Waals surface area contributed by atoms with E-state index in [2.05, 4.69) is 32.2 Å². The molecule has 15 heavy (non-hydrogen) atoms. The van der Waals surface area contributed by atoms with Crippen molar-refractivity contribution in [1.29, 1.82) is 5.26 Å². The molecule has 0 fully saturated rings. The molecule has 0 bridgehead atoms. The van der Waals surface area contributed by atoms with Crippen LogP contribution in [0.15, 0.2) is 18.2 Å². The van der Waals surface area contributed by atoms with Crippen LogP contribution in [0.3, 0.4) is 0 Å². The molecule has 0 aliphatic rings. The van der Waals surface area contributed by atoms with E-state index in [9.17, 15) is 0 Å². The number of rotatable bonds is 3. The average Bonchev–Trinajstić information content (AvgIpc) is 2.18. The van der Waals surface area contributed by atoms with E-state index in [-0.39, 0.29) is 0 Å². The summed E-state index contributed by atoms with van der Waals surface area (Å²) in [6.07, 6.45) is 0. The van der Waals surface area contributed by atoms with Crippen LogP contribution >= 0.6 is 0 Å². The summed E-state index contributed by atoms with van der Waals surface area (Å²) in [6, 6.07) is 8.47. The molecule has 1 aromatic rings. The van der Waals surface area contributed by atoms with Crippen molar-refractivity contribution < 1.29 is 0 Å². The minimum Gasteiger partial charge on any atom is -0.382 e. The summed E-state index contributed by atoms with van der Waals surface area (Å²) in [5.41, 5.74) is 2.86. The molecule has 1 unspecified atom stereocenters. The Hall–Kier alpha value is -1.49. The summed E-state index contributed by atoms with van der Waals surface area (Å²) in [6.45, 7) is 8.50. The van der Waals surface area contributed by atoms with E-state index < -0.39 is 0 Å². The van der Waals surface area contributed by atoms with Gasteiger partial charge in [-0.1, -0.05) is 13.8 Å². The highest BCUT2D eigenvalue weighted by molar-refractivity contribution is 5.52. The first-order chi connectivity index (χ1) is 7.04. The largest absolute Gasteiger partial charge is 0.382 e. The predicted molar refractivity (Wildman–Crippen MR) is 63.8 cm³/mol. The van der Waals surface area contributed by atoms with Gasteiger partial charge in [-0.15, -0.1) is 0 Å². The SMILES string of the molecule is Cc1cc(NC(C)C(C)C)ccc1C#N. The molecule has 0 aromatic heterocycles. The molecule has 2 nitrogen and oxygen atoms in total. The Bertz CT molecular complexity index is 375. The Morgan fingerprint density at radius 3 is 2.40 bits per heavy atom. The van der Waals surface area contributed by atoms with Crippen molar-refractivity contribution >= 4 is 5.69 Å². The van der Waals surface area contributed by atoms with Crippen molar-refractivity contribution in [3.8, 4) is 6.07 Å². The Labute approximate surface area is 91.9 Å². The third-order valence-corrected chi connectivity index (χ3v) is 2.74. The summed E-state index contributed by atoms with van der Waals surface area (Å²) in [4.78, 5) is 0. The molecule has 80 valence electrons. The van der Waals surface area contributed by atoms with Crippen molar-refractivity contribution in [3.63, 3.8) is 0 Å². The van der Waals surface area contributed by atoms with Gasteiger partial charge in [-0.05, 0) is 43.5 Å².